The second kappa shape index (κ2) is 66.1. The third-order valence-electron chi connectivity index (χ3n) is 17.9. The minimum Gasteiger partial charge on any atom is -0.466 e. The van der Waals surface area contributed by atoms with Crippen molar-refractivity contribution in [1.82, 2.24) is 5.32 Å². The molecule has 1 amide bonds. The van der Waals surface area contributed by atoms with E-state index < -0.39 is 49.5 Å². The average Bonchev–Trinajstić information content (AvgIpc) is 1.59. The van der Waals surface area contributed by atoms with Gasteiger partial charge in [0.1, 0.15) is 24.4 Å². The van der Waals surface area contributed by atoms with Crippen LogP contribution in [0.25, 0.3) is 0 Å². The molecule has 516 valence electrons. The second-order valence-corrected chi connectivity index (χ2v) is 26.3. The summed E-state index contributed by atoms with van der Waals surface area (Å²) in [6, 6.07) is -0.807. The third kappa shape index (κ3) is 54.2. The normalized spacial score (nSPS) is 18.0. The third-order valence-corrected chi connectivity index (χ3v) is 17.9. The Morgan fingerprint density at radius 3 is 1.19 bits per heavy atom. The van der Waals surface area contributed by atoms with Crippen molar-refractivity contribution in [2.45, 2.75) is 410 Å². The van der Waals surface area contributed by atoms with Gasteiger partial charge in [0, 0.05) is 12.8 Å². The van der Waals surface area contributed by atoms with Crippen molar-refractivity contribution in [2.24, 2.45) is 0 Å². The Morgan fingerprint density at radius 2 is 0.773 bits per heavy atom. The highest BCUT2D eigenvalue weighted by atomic mass is 16.7. The van der Waals surface area contributed by atoms with Gasteiger partial charge in [0.05, 0.1) is 32.0 Å². The van der Waals surface area contributed by atoms with Crippen LogP contribution in [0.4, 0.5) is 0 Å². The average molecular weight is 1240 g/mol. The lowest BCUT2D eigenvalue weighted by molar-refractivity contribution is -0.302. The summed E-state index contributed by atoms with van der Waals surface area (Å²) in [5.41, 5.74) is 0. The summed E-state index contributed by atoms with van der Waals surface area (Å²) in [6.07, 6.45) is 77.2. The molecule has 1 aliphatic rings. The van der Waals surface area contributed by atoms with Gasteiger partial charge >= 0.3 is 5.97 Å². The second-order valence-electron chi connectivity index (χ2n) is 26.3. The van der Waals surface area contributed by atoms with Gasteiger partial charge < -0.3 is 45.1 Å². The van der Waals surface area contributed by atoms with E-state index in [0.29, 0.717) is 19.4 Å². The molecule has 0 aromatic carbocycles. The van der Waals surface area contributed by atoms with Crippen LogP contribution in [0.2, 0.25) is 0 Å². The highest BCUT2D eigenvalue weighted by Gasteiger charge is 2.44. The van der Waals surface area contributed by atoms with Gasteiger partial charge in [0.25, 0.3) is 0 Å². The van der Waals surface area contributed by atoms with E-state index in [2.05, 4.69) is 55.6 Å². The van der Waals surface area contributed by atoms with Crippen molar-refractivity contribution in [3.63, 3.8) is 0 Å². The van der Waals surface area contributed by atoms with Crippen molar-refractivity contribution in [3.8, 4) is 0 Å². The molecule has 88 heavy (non-hydrogen) atoms. The van der Waals surface area contributed by atoms with Gasteiger partial charge in [-0.25, -0.2) is 0 Å². The number of unbranched alkanes of at least 4 members (excludes halogenated alkanes) is 47. The largest absolute Gasteiger partial charge is 0.466 e. The fourth-order valence-electron chi connectivity index (χ4n) is 11.9. The number of hydrogen-bond donors (Lipinski definition) is 6. The molecule has 0 aliphatic carbocycles. The molecule has 1 rings (SSSR count). The van der Waals surface area contributed by atoms with E-state index in [1.165, 1.54) is 276 Å². The minimum atomic E-state index is -1.57. The summed E-state index contributed by atoms with van der Waals surface area (Å²) in [4.78, 5) is 25.1. The van der Waals surface area contributed by atoms with E-state index in [-0.39, 0.29) is 18.5 Å². The number of amides is 1. The van der Waals surface area contributed by atoms with Gasteiger partial charge in [-0.1, -0.05) is 319 Å². The molecule has 1 saturated heterocycles. The van der Waals surface area contributed by atoms with Crippen LogP contribution >= 0.6 is 0 Å². The topological polar surface area (TPSA) is 175 Å². The first-order chi connectivity index (χ1) is 43.2. The maximum Gasteiger partial charge on any atom is 0.305 e. The highest BCUT2D eigenvalue weighted by Crippen LogP contribution is 2.23. The molecule has 6 N–H and O–H groups in total. The zero-order valence-electron chi connectivity index (χ0n) is 57.4. The number of hydrogen-bond acceptors (Lipinski definition) is 10. The molecule has 0 aromatic rings. The molecular weight excluding hydrogens is 1100 g/mol. The summed E-state index contributed by atoms with van der Waals surface area (Å²) in [7, 11) is 0. The van der Waals surface area contributed by atoms with Gasteiger partial charge in [-0.05, 0) is 83.5 Å². The molecule has 7 unspecified atom stereocenters. The van der Waals surface area contributed by atoms with Crippen LogP contribution in [0.15, 0.2) is 48.6 Å². The van der Waals surface area contributed by atoms with Crippen molar-refractivity contribution >= 4 is 11.9 Å². The van der Waals surface area contributed by atoms with Crippen LogP contribution in [0.3, 0.4) is 0 Å². The molecule has 0 aromatic heterocycles. The maximum absolute atomic E-state index is 13.0. The Labute approximate surface area is 542 Å². The van der Waals surface area contributed by atoms with E-state index in [9.17, 15) is 35.1 Å². The van der Waals surface area contributed by atoms with Crippen molar-refractivity contribution in [2.75, 3.05) is 19.8 Å². The number of nitrogens with one attached hydrogen (secondary N) is 1. The number of rotatable bonds is 67. The van der Waals surface area contributed by atoms with E-state index >= 15 is 0 Å². The molecule has 11 nitrogen and oxygen atoms in total. The first kappa shape index (κ1) is 83.6. The Hall–Kier alpha value is -2.38. The fourth-order valence-corrected chi connectivity index (χ4v) is 11.9. The quantitative estimate of drug-likeness (QED) is 0.0195. The molecule has 0 saturated carbocycles. The van der Waals surface area contributed by atoms with Crippen LogP contribution < -0.4 is 5.32 Å². The predicted octanol–water partition coefficient (Wildman–Crippen LogP) is 19.9. The number of carbonyl (C=O) groups is 2. The zero-order valence-corrected chi connectivity index (χ0v) is 57.4. The molecule has 1 aliphatic heterocycles. The Morgan fingerprint density at radius 1 is 0.420 bits per heavy atom. The molecule has 1 heterocycles. The summed E-state index contributed by atoms with van der Waals surface area (Å²) in [5.74, 6) is -0.175. The first-order valence-electron chi connectivity index (χ1n) is 37.9. The molecule has 0 bridgehead atoms. The smallest absolute Gasteiger partial charge is 0.305 e. The van der Waals surface area contributed by atoms with Crippen LogP contribution in [0.5, 0.6) is 0 Å². The Kier molecular flexibility index (Phi) is 62.8. The number of carbonyl (C=O) groups excluding carboxylic acids is 2. The summed E-state index contributed by atoms with van der Waals surface area (Å²) in [5, 5.41) is 54.4. The van der Waals surface area contributed by atoms with Crippen molar-refractivity contribution in [1.29, 1.82) is 0 Å². The van der Waals surface area contributed by atoms with Crippen molar-refractivity contribution < 1.29 is 49.3 Å². The fraction of sp³-hybridized carbons (Fsp3) is 0.870. The maximum atomic E-state index is 13.0. The van der Waals surface area contributed by atoms with Gasteiger partial charge in [-0.3, -0.25) is 9.59 Å². The summed E-state index contributed by atoms with van der Waals surface area (Å²) in [6.45, 7) is 4.32. The zero-order chi connectivity index (χ0) is 63.7. The summed E-state index contributed by atoms with van der Waals surface area (Å²) >= 11 is 0. The molecule has 7 atom stereocenters. The number of ether oxygens (including phenoxy) is 3. The molecular formula is C77H143NO10. The van der Waals surface area contributed by atoms with Gasteiger partial charge in [0.15, 0.2) is 6.29 Å². The number of aliphatic hydroxyl groups is 5. The Bertz CT molecular complexity index is 1600. The number of aliphatic hydroxyl groups excluding tert-OH is 5. The number of esters is 1. The van der Waals surface area contributed by atoms with Gasteiger partial charge in [0.2, 0.25) is 5.91 Å². The lowest BCUT2D eigenvalue weighted by Gasteiger charge is -2.40. The monoisotopic (exact) mass is 1240 g/mol. The first-order valence-corrected chi connectivity index (χ1v) is 37.9. The SMILES string of the molecule is CCCC/C=C\CCCCCCCC(=O)OCCCCCCCCCCCCCCCCC/C=C\C/C=C\CCCCCCCCCCCCCCCCCCCC(=O)NC(COC1OC(CO)C(O)C(O)C1O)C(O)/C=C/CCCCCCCCCC. The Balaban J connectivity index is 1.89. The predicted molar refractivity (Wildman–Crippen MR) is 370 cm³/mol. The standard InChI is InChI=1S/C77H143NO10/c1-3-5-7-9-11-13-44-49-53-57-61-65-73(82)86-66-62-58-54-50-46-43-41-39-37-35-33-31-29-27-25-23-21-19-17-15-16-18-20-22-24-26-28-30-32-34-36-38-40-42-45-48-52-56-60-64-72(81)78-69(68-87-77-76(85)75(84)74(83)71(67-79)88-77)70(80)63-59-55-51-47-14-12-10-8-6-4-2/h9,11,15-16,19,21,59,63,69-71,74-77,79-80,83-85H,3-8,10,12-14,17-18,20,22-58,60-62,64-68H2,1-2H3,(H,78,81)/b11-9-,16-15-,21-19-,63-59+. The van der Waals surface area contributed by atoms with Crippen LogP contribution in [-0.4, -0.2) is 100 Å². The molecule has 11 heteroatoms. The van der Waals surface area contributed by atoms with Crippen LogP contribution in [-0.2, 0) is 23.8 Å². The minimum absolute atomic E-state index is 0.00350. The van der Waals surface area contributed by atoms with E-state index in [1.807, 2.05) is 6.08 Å². The number of allylic oxidation sites excluding steroid dienone is 7. The van der Waals surface area contributed by atoms with E-state index in [0.717, 1.165) is 64.2 Å². The molecule has 1 fully saturated rings. The van der Waals surface area contributed by atoms with E-state index in [4.69, 9.17) is 14.2 Å². The van der Waals surface area contributed by atoms with Crippen LogP contribution in [0.1, 0.15) is 367 Å². The lowest BCUT2D eigenvalue weighted by Crippen LogP contribution is -2.60. The van der Waals surface area contributed by atoms with Gasteiger partial charge in [-0.15, -0.1) is 0 Å². The molecule has 0 radical (unpaired) electrons. The van der Waals surface area contributed by atoms with Crippen LogP contribution in [0, 0.1) is 0 Å². The van der Waals surface area contributed by atoms with Crippen molar-refractivity contribution in [3.05, 3.63) is 48.6 Å². The molecule has 0 spiro atoms. The lowest BCUT2D eigenvalue weighted by atomic mass is 9.99. The van der Waals surface area contributed by atoms with Gasteiger partial charge in [-0.2, -0.15) is 0 Å². The van der Waals surface area contributed by atoms with E-state index in [1.54, 1.807) is 6.08 Å². The highest BCUT2D eigenvalue weighted by molar-refractivity contribution is 5.76. The summed E-state index contributed by atoms with van der Waals surface area (Å²) < 4.78 is 16.7.